The lowest BCUT2D eigenvalue weighted by Gasteiger charge is -2.08. The van der Waals surface area contributed by atoms with E-state index in [1.807, 2.05) is 79.1 Å². The number of H-pyrrole nitrogens is 1. The van der Waals surface area contributed by atoms with Crippen molar-refractivity contribution in [1.82, 2.24) is 9.55 Å². The minimum Gasteiger partial charge on any atom is -0.361 e. The predicted molar refractivity (Wildman–Crippen MR) is 93.5 cm³/mol. The summed E-state index contributed by atoms with van der Waals surface area (Å²) in [7, 11) is 0. The van der Waals surface area contributed by atoms with Crippen LogP contribution in [0.2, 0.25) is 0 Å². The third-order valence-electron chi connectivity index (χ3n) is 4.10. The van der Waals surface area contributed by atoms with Crippen LogP contribution in [0.3, 0.4) is 0 Å². The molecule has 0 aliphatic rings. The molecule has 23 heavy (non-hydrogen) atoms. The summed E-state index contributed by atoms with van der Waals surface area (Å²) >= 11 is 0. The lowest BCUT2D eigenvalue weighted by Crippen LogP contribution is -2.21. The summed E-state index contributed by atoms with van der Waals surface area (Å²) in [6, 6.07) is 21.9. The van der Waals surface area contributed by atoms with E-state index in [0.29, 0.717) is 6.54 Å². The van der Waals surface area contributed by atoms with E-state index in [0.717, 1.165) is 27.6 Å². The SMILES string of the molecule is O=c1c(-c2c[nH]c3ccccc23)cccn1Cc1ccccc1. The van der Waals surface area contributed by atoms with Crippen molar-refractivity contribution in [1.29, 1.82) is 0 Å². The molecule has 0 fully saturated rings. The van der Waals surface area contributed by atoms with Gasteiger partial charge in [-0.3, -0.25) is 4.79 Å². The second-order valence-electron chi connectivity index (χ2n) is 5.59. The topological polar surface area (TPSA) is 37.8 Å². The van der Waals surface area contributed by atoms with Crippen molar-refractivity contribution in [2.24, 2.45) is 0 Å². The van der Waals surface area contributed by atoms with Crippen molar-refractivity contribution in [3.05, 3.63) is 95.0 Å². The number of para-hydroxylation sites is 1. The molecule has 0 saturated carbocycles. The van der Waals surface area contributed by atoms with E-state index < -0.39 is 0 Å². The fraction of sp³-hybridized carbons (Fsp3) is 0.0500. The molecule has 112 valence electrons. The molecule has 0 spiro atoms. The van der Waals surface area contributed by atoms with Crippen LogP contribution in [0.1, 0.15) is 5.56 Å². The van der Waals surface area contributed by atoms with Gasteiger partial charge in [-0.1, -0.05) is 48.5 Å². The van der Waals surface area contributed by atoms with E-state index in [4.69, 9.17) is 0 Å². The van der Waals surface area contributed by atoms with Crippen molar-refractivity contribution >= 4 is 10.9 Å². The number of hydrogen-bond donors (Lipinski definition) is 1. The maximum atomic E-state index is 12.9. The fourth-order valence-electron chi connectivity index (χ4n) is 2.94. The van der Waals surface area contributed by atoms with Gasteiger partial charge in [-0.2, -0.15) is 0 Å². The van der Waals surface area contributed by atoms with Crippen molar-refractivity contribution in [3.8, 4) is 11.1 Å². The summed E-state index contributed by atoms with van der Waals surface area (Å²) in [6.45, 7) is 0.579. The molecule has 4 aromatic rings. The third kappa shape index (κ3) is 2.46. The number of aromatic nitrogens is 2. The number of benzene rings is 2. The number of fused-ring (bicyclic) bond motifs is 1. The summed E-state index contributed by atoms with van der Waals surface area (Å²) in [5.74, 6) is 0. The Labute approximate surface area is 133 Å². The first kappa shape index (κ1) is 13.6. The Bertz CT molecular complexity index is 1010. The van der Waals surface area contributed by atoms with Crippen LogP contribution in [-0.2, 0) is 6.54 Å². The molecule has 2 aromatic carbocycles. The zero-order valence-corrected chi connectivity index (χ0v) is 12.6. The fourth-order valence-corrected chi connectivity index (χ4v) is 2.94. The number of hydrogen-bond acceptors (Lipinski definition) is 1. The molecule has 0 bridgehead atoms. The van der Waals surface area contributed by atoms with Crippen LogP contribution in [0.5, 0.6) is 0 Å². The van der Waals surface area contributed by atoms with Gasteiger partial charge in [0.05, 0.1) is 6.54 Å². The molecule has 3 heteroatoms. The van der Waals surface area contributed by atoms with Crippen molar-refractivity contribution in [3.63, 3.8) is 0 Å². The summed E-state index contributed by atoms with van der Waals surface area (Å²) in [4.78, 5) is 16.1. The number of aromatic amines is 1. The first-order chi connectivity index (χ1) is 11.3. The molecule has 0 unspecified atom stereocenters. The van der Waals surface area contributed by atoms with Crippen LogP contribution < -0.4 is 5.56 Å². The van der Waals surface area contributed by atoms with Gasteiger partial charge in [0.25, 0.3) is 5.56 Å². The van der Waals surface area contributed by atoms with Gasteiger partial charge >= 0.3 is 0 Å². The zero-order chi connectivity index (χ0) is 15.6. The zero-order valence-electron chi connectivity index (χ0n) is 12.6. The van der Waals surface area contributed by atoms with E-state index >= 15 is 0 Å². The summed E-state index contributed by atoms with van der Waals surface area (Å²) in [5.41, 5.74) is 3.86. The highest BCUT2D eigenvalue weighted by Crippen LogP contribution is 2.26. The lowest BCUT2D eigenvalue weighted by molar-refractivity contribution is 0.761. The van der Waals surface area contributed by atoms with Crippen LogP contribution in [0.4, 0.5) is 0 Å². The second kappa shape index (κ2) is 5.61. The maximum Gasteiger partial charge on any atom is 0.258 e. The minimum absolute atomic E-state index is 0.0288. The number of nitrogens with zero attached hydrogens (tertiary/aromatic N) is 1. The Balaban J connectivity index is 1.82. The number of rotatable bonds is 3. The molecule has 0 saturated heterocycles. The van der Waals surface area contributed by atoms with Gasteiger partial charge in [0, 0.05) is 34.4 Å². The molecule has 0 radical (unpaired) electrons. The summed E-state index contributed by atoms with van der Waals surface area (Å²) < 4.78 is 1.76. The van der Waals surface area contributed by atoms with Gasteiger partial charge in [0.15, 0.2) is 0 Å². The highest BCUT2D eigenvalue weighted by atomic mass is 16.1. The molecule has 0 aliphatic heterocycles. The van der Waals surface area contributed by atoms with Crippen molar-refractivity contribution in [2.75, 3.05) is 0 Å². The van der Waals surface area contributed by atoms with Gasteiger partial charge in [-0.25, -0.2) is 0 Å². The first-order valence-electron chi connectivity index (χ1n) is 7.63. The molecule has 0 amide bonds. The van der Waals surface area contributed by atoms with Crippen LogP contribution in [-0.4, -0.2) is 9.55 Å². The normalized spacial score (nSPS) is 11.0. The third-order valence-corrected chi connectivity index (χ3v) is 4.10. The lowest BCUT2D eigenvalue weighted by atomic mass is 10.1. The minimum atomic E-state index is 0.0288. The largest absolute Gasteiger partial charge is 0.361 e. The second-order valence-corrected chi connectivity index (χ2v) is 5.59. The molecule has 3 nitrogen and oxygen atoms in total. The van der Waals surface area contributed by atoms with E-state index in [2.05, 4.69) is 4.98 Å². The molecule has 0 atom stereocenters. The maximum absolute atomic E-state index is 12.9. The van der Waals surface area contributed by atoms with Crippen LogP contribution in [0.15, 0.2) is 83.9 Å². The van der Waals surface area contributed by atoms with Gasteiger partial charge in [0.2, 0.25) is 0 Å². The van der Waals surface area contributed by atoms with Gasteiger partial charge < -0.3 is 9.55 Å². The molecule has 4 rings (SSSR count). The smallest absolute Gasteiger partial charge is 0.258 e. The average Bonchev–Trinajstić information content (AvgIpc) is 3.02. The highest BCUT2D eigenvalue weighted by Gasteiger charge is 2.10. The Hall–Kier alpha value is -3.07. The van der Waals surface area contributed by atoms with Crippen LogP contribution in [0, 0.1) is 0 Å². The molecule has 2 aromatic heterocycles. The van der Waals surface area contributed by atoms with Gasteiger partial charge in [0.1, 0.15) is 0 Å². The van der Waals surface area contributed by atoms with E-state index in [9.17, 15) is 4.79 Å². The Morgan fingerprint density at radius 3 is 2.48 bits per heavy atom. The average molecular weight is 300 g/mol. The van der Waals surface area contributed by atoms with Crippen LogP contribution >= 0.6 is 0 Å². The van der Waals surface area contributed by atoms with E-state index in [-0.39, 0.29) is 5.56 Å². The quantitative estimate of drug-likeness (QED) is 0.609. The highest BCUT2D eigenvalue weighted by molar-refractivity contribution is 5.95. The molecule has 1 N–H and O–H groups in total. The van der Waals surface area contributed by atoms with Gasteiger partial charge in [-0.15, -0.1) is 0 Å². The van der Waals surface area contributed by atoms with Crippen molar-refractivity contribution in [2.45, 2.75) is 6.54 Å². The number of pyridine rings is 1. The molecule has 2 heterocycles. The van der Waals surface area contributed by atoms with E-state index in [1.165, 1.54) is 0 Å². The standard InChI is InChI=1S/C20H16N2O/c23-20-17(18-13-21-19-11-5-4-9-16(18)19)10-6-12-22(20)14-15-7-2-1-3-8-15/h1-13,21H,14H2. The monoisotopic (exact) mass is 300 g/mol. The van der Waals surface area contributed by atoms with E-state index in [1.54, 1.807) is 4.57 Å². The van der Waals surface area contributed by atoms with Crippen LogP contribution in [0.25, 0.3) is 22.0 Å². The summed E-state index contributed by atoms with van der Waals surface area (Å²) in [6.07, 6.45) is 3.75. The number of nitrogens with one attached hydrogen (secondary N) is 1. The first-order valence-corrected chi connectivity index (χ1v) is 7.63. The van der Waals surface area contributed by atoms with Gasteiger partial charge in [-0.05, 0) is 23.8 Å². The van der Waals surface area contributed by atoms with Crippen molar-refractivity contribution < 1.29 is 0 Å². The molecular formula is C20H16N2O. The Morgan fingerprint density at radius 1 is 0.826 bits per heavy atom. The molecule has 0 aliphatic carbocycles. The Morgan fingerprint density at radius 2 is 1.61 bits per heavy atom. The summed E-state index contributed by atoms with van der Waals surface area (Å²) in [5, 5.41) is 1.07. The Kier molecular flexibility index (Phi) is 3.31. The predicted octanol–water partition coefficient (Wildman–Crippen LogP) is 4.04. The molecular weight excluding hydrogens is 284 g/mol.